The third kappa shape index (κ3) is 3.32. The van der Waals surface area contributed by atoms with Crippen molar-refractivity contribution in [3.63, 3.8) is 0 Å². The number of carbonyl (C=O) groups excluding carboxylic acids is 1. The molecule has 0 spiro atoms. The Kier molecular flexibility index (Phi) is 3.82. The summed E-state index contributed by atoms with van der Waals surface area (Å²) in [5.41, 5.74) is 2.53. The summed E-state index contributed by atoms with van der Waals surface area (Å²) in [5.74, 6) is 0.994. The van der Waals surface area contributed by atoms with Crippen LogP contribution in [0.2, 0.25) is 0 Å². The van der Waals surface area contributed by atoms with E-state index in [0.717, 1.165) is 25.9 Å². The molecular formula is C15H21NO. The molecule has 2 rings (SSSR count). The normalized spacial score (nSPS) is 19.6. The van der Waals surface area contributed by atoms with Gasteiger partial charge in [-0.15, -0.1) is 0 Å². The lowest BCUT2D eigenvalue weighted by Gasteiger charge is -2.15. The number of amides is 1. The van der Waals surface area contributed by atoms with Crippen LogP contribution in [0.4, 0.5) is 0 Å². The van der Waals surface area contributed by atoms with Crippen LogP contribution in [-0.4, -0.2) is 23.9 Å². The molecule has 17 heavy (non-hydrogen) atoms. The number of hydrogen-bond acceptors (Lipinski definition) is 1. The molecule has 1 aliphatic rings. The minimum atomic E-state index is 0.315. The van der Waals surface area contributed by atoms with Crippen LogP contribution in [0.5, 0.6) is 0 Å². The average Bonchev–Trinajstić information content (AvgIpc) is 2.75. The molecule has 0 bridgehead atoms. The Balaban J connectivity index is 1.82. The van der Waals surface area contributed by atoms with Gasteiger partial charge in [-0.2, -0.15) is 0 Å². The van der Waals surface area contributed by atoms with Crippen molar-refractivity contribution >= 4 is 5.91 Å². The lowest BCUT2D eigenvalue weighted by Crippen LogP contribution is -2.28. The van der Waals surface area contributed by atoms with Gasteiger partial charge in [0.25, 0.3) is 0 Å². The van der Waals surface area contributed by atoms with E-state index >= 15 is 0 Å². The Hall–Kier alpha value is -1.31. The minimum absolute atomic E-state index is 0.315. The first kappa shape index (κ1) is 12.2. The second kappa shape index (κ2) is 5.35. The summed E-state index contributed by atoms with van der Waals surface area (Å²) in [6, 6.07) is 8.46. The predicted octanol–water partition coefficient (Wildman–Crippen LogP) is 2.80. The van der Waals surface area contributed by atoms with E-state index in [4.69, 9.17) is 0 Å². The highest BCUT2D eigenvalue weighted by Crippen LogP contribution is 2.16. The molecule has 2 heteroatoms. The van der Waals surface area contributed by atoms with E-state index in [2.05, 4.69) is 38.1 Å². The van der Waals surface area contributed by atoms with E-state index in [-0.39, 0.29) is 0 Å². The van der Waals surface area contributed by atoms with Gasteiger partial charge >= 0.3 is 0 Å². The van der Waals surface area contributed by atoms with Gasteiger partial charge in [0.05, 0.1) is 0 Å². The van der Waals surface area contributed by atoms with Gasteiger partial charge in [0, 0.05) is 19.5 Å². The van der Waals surface area contributed by atoms with Crippen molar-refractivity contribution in [1.82, 2.24) is 4.90 Å². The van der Waals surface area contributed by atoms with Crippen molar-refractivity contribution in [3.05, 3.63) is 35.4 Å². The van der Waals surface area contributed by atoms with E-state index in [1.165, 1.54) is 11.1 Å². The van der Waals surface area contributed by atoms with Crippen molar-refractivity contribution in [2.45, 2.75) is 33.1 Å². The van der Waals surface area contributed by atoms with E-state index in [1.54, 1.807) is 0 Å². The van der Waals surface area contributed by atoms with Crippen molar-refractivity contribution in [3.8, 4) is 0 Å². The van der Waals surface area contributed by atoms with Gasteiger partial charge in [-0.05, 0) is 31.2 Å². The van der Waals surface area contributed by atoms with Gasteiger partial charge in [-0.25, -0.2) is 0 Å². The molecule has 1 aromatic rings. The molecule has 1 saturated heterocycles. The number of rotatable bonds is 3. The Bertz CT molecular complexity index is 382. The van der Waals surface area contributed by atoms with Crippen LogP contribution < -0.4 is 0 Å². The Morgan fingerprint density at radius 1 is 1.35 bits per heavy atom. The number of aryl methyl sites for hydroxylation is 2. The van der Waals surface area contributed by atoms with E-state index in [9.17, 15) is 4.79 Å². The maximum Gasteiger partial charge on any atom is 0.222 e. The van der Waals surface area contributed by atoms with Crippen LogP contribution >= 0.6 is 0 Å². The SMILES string of the molecule is Cc1ccc(CCC(=O)N2CCC(C)C2)cc1. The van der Waals surface area contributed by atoms with Crippen LogP contribution in [0, 0.1) is 12.8 Å². The summed E-state index contributed by atoms with van der Waals surface area (Å²) >= 11 is 0. The summed E-state index contributed by atoms with van der Waals surface area (Å²) < 4.78 is 0. The van der Waals surface area contributed by atoms with Crippen molar-refractivity contribution < 1.29 is 4.79 Å². The zero-order valence-electron chi connectivity index (χ0n) is 10.8. The highest BCUT2D eigenvalue weighted by atomic mass is 16.2. The van der Waals surface area contributed by atoms with Crippen molar-refractivity contribution in [1.29, 1.82) is 0 Å². The summed E-state index contributed by atoms with van der Waals surface area (Å²) in [5, 5.41) is 0. The molecule has 0 aromatic heterocycles. The van der Waals surface area contributed by atoms with Crippen molar-refractivity contribution in [2.24, 2.45) is 5.92 Å². The minimum Gasteiger partial charge on any atom is -0.342 e. The topological polar surface area (TPSA) is 20.3 Å². The van der Waals surface area contributed by atoms with E-state index < -0.39 is 0 Å². The molecule has 1 amide bonds. The number of hydrogen-bond donors (Lipinski definition) is 0. The van der Waals surface area contributed by atoms with Gasteiger partial charge in [0.1, 0.15) is 0 Å². The summed E-state index contributed by atoms with van der Waals surface area (Å²) in [6.07, 6.45) is 2.68. The Morgan fingerprint density at radius 3 is 2.65 bits per heavy atom. The molecule has 0 radical (unpaired) electrons. The molecular weight excluding hydrogens is 210 g/mol. The van der Waals surface area contributed by atoms with Crippen LogP contribution in [0.15, 0.2) is 24.3 Å². The molecule has 92 valence electrons. The Labute approximate surface area is 104 Å². The monoisotopic (exact) mass is 231 g/mol. The lowest BCUT2D eigenvalue weighted by atomic mass is 10.1. The molecule has 1 aromatic carbocycles. The molecule has 1 aliphatic heterocycles. The highest BCUT2D eigenvalue weighted by molar-refractivity contribution is 5.76. The van der Waals surface area contributed by atoms with Gasteiger partial charge in [0.2, 0.25) is 5.91 Å². The van der Waals surface area contributed by atoms with E-state index in [1.807, 2.05) is 4.90 Å². The highest BCUT2D eigenvalue weighted by Gasteiger charge is 2.22. The zero-order valence-corrected chi connectivity index (χ0v) is 10.8. The molecule has 1 fully saturated rings. The average molecular weight is 231 g/mol. The summed E-state index contributed by atoms with van der Waals surface area (Å²) in [4.78, 5) is 14.0. The Morgan fingerprint density at radius 2 is 2.06 bits per heavy atom. The fraction of sp³-hybridized carbons (Fsp3) is 0.533. The second-order valence-electron chi connectivity index (χ2n) is 5.22. The predicted molar refractivity (Wildman–Crippen MR) is 69.9 cm³/mol. The maximum absolute atomic E-state index is 12.0. The molecule has 0 aliphatic carbocycles. The molecule has 1 heterocycles. The lowest BCUT2D eigenvalue weighted by molar-refractivity contribution is -0.130. The van der Waals surface area contributed by atoms with Crippen LogP contribution in [0.1, 0.15) is 30.9 Å². The molecule has 1 atom stereocenters. The number of carbonyl (C=O) groups is 1. The molecule has 1 unspecified atom stereocenters. The first-order valence-corrected chi connectivity index (χ1v) is 6.48. The quantitative estimate of drug-likeness (QED) is 0.783. The first-order chi connectivity index (χ1) is 8.15. The first-order valence-electron chi connectivity index (χ1n) is 6.48. The fourth-order valence-electron chi connectivity index (χ4n) is 2.33. The third-order valence-electron chi connectivity index (χ3n) is 3.52. The van der Waals surface area contributed by atoms with Gasteiger partial charge < -0.3 is 4.90 Å². The maximum atomic E-state index is 12.0. The standard InChI is InChI=1S/C15H21NO/c1-12-3-5-14(6-4-12)7-8-15(17)16-10-9-13(2)11-16/h3-6,13H,7-11H2,1-2H3. The van der Waals surface area contributed by atoms with Crippen molar-refractivity contribution in [2.75, 3.05) is 13.1 Å². The van der Waals surface area contributed by atoms with Gasteiger partial charge in [-0.1, -0.05) is 36.8 Å². The van der Waals surface area contributed by atoms with Crippen LogP contribution in [0.3, 0.4) is 0 Å². The second-order valence-corrected chi connectivity index (χ2v) is 5.22. The molecule has 0 saturated carbocycles. The molecule has 0 N–H and O–H groups in total. The fourth-order valence-corrected chi connectivity index (χ4v) is 2.33. The molecule has 2 nitrogen and oxygen atoms in total. The number of benzene rings is 1. The summed E-state index contributed by atoms with van der Waals surface area (Å²) in [7, 11) is 0. The summed E-state index contributed by atoms with van der Waals surface area (Å²) in [6.45, 7) is 6.20. The van der Waals surface area contributed by atoms with Gasteiger partial charge in [-0.3, -0.25) is 4.79 Å². The largest absolute Gasteiger partial charge is 0.342 e. The smallest absolute Gasteiger partial charge is 0.222 e. The number of nitrogens with zero attached hydrogens (tertiary/aromatic N) is 1. The van der Waals surface area contributed by atoms with E-state index in [0.29, 0.717) is 18.2 Å². The van der Waals surface area contributed by atoms with Crippen LogP contribution in [-0.2, 0) is 11.2 Å². The zero-order chi connectivity index (χ0) is 12.3. The van der Waals surface area contributed by atoms with Crippen LogP contribution in [0.25, 0.3) is 0 Å². The van der Waals surface area contributed by atoms with Gasteiger partial charge in [0.15, 0.2) is 0 Å². The third-order valence-corrected chi connectivity index (χ3v) is 3.52. The number of likely N-dealkylation sites (tertiary alicyclic amines) is 1.